The molecule has 3 aromatic rings. The van der Waals surface area contributed by atoms with Crippen LogP contribution in [0, 0.1) is 29.9 Å². The molecule has 2 aromatic heterocycles. The first-order valence-corrected chi connectivity index (χ1v) is 9.38. The Bertz CT molecular complexity index is 1040. The van der Waals surface area contributed by atoms with Gasteiger partial charge in [-0.3, -0.25) is 24.3 Å². The number of aryl methyl sites for hydroxylation is 1. The quantitative estimate of drug-likeness (QED) is 0.467. The fourth-order valence-corrected chi connectivity index (χ4v) is 3.15. The van der Waals surface area contributed by atoms with Crippen molar-refractivity contribution < 1.29 is 9.72 Å². The van der Waals surface area contributed by atoms with Gasteiger partial charge in [0.2, 0.25) is 5.91 Å². The van der Waals surface area contributed by atoms with Crippen LogP contribution in [0.15, 0.2) is 36.7 Å². The number of amides is 1. The summed E-state index contributed by atoms with van der Waals surface area (Å²) in [5, 5.41) is 23.1. The zero-order valence-electron chi connectivity index (χ0n) is 16.3. The number of nitrogens with one attached hydrogen (secondary N) is 1. The highest BCUT2D eigenvalue weighted by Gasteiger charge is 2.24. The standard InChI is InChI=1S/C19H21ClN6O3/c1-12(9-25-14(3)18(26(28)29)13(2)23-25)19(27)22-17-8-21-24(11-17)10-15-4-6-16(20)7-5-15/h4-8,11-12H,9-10H2,1-3H3,(H,22,27). The summed E-state index contributed by atoms with van der Waals surface area (Å²) in [4.78, 5) is 23.2. The van der Waals surface area contributed by atoms with Crippen LogP contribution in [-0.2, 0) is 17.9 Å². The van der Waals surface area contributed by atoms with Crippen molar-refractivity contribution in [2.24, 2.45) is 5.92 Å². The van der Waals surface area contributed by atoms with E-state index in [1.807, 2.05) is 24.3 Å². The molecule has 0 aliphatic rings. The van der Waals surface area contributed by atoms with Crippen molar-refractivity contribution in [3.05, 3.63) is 68.7 Å². The number of hydrogen-bond donors (Lipinski definition) is 1. The van der Waals surface area contributed by atoms with E-state index in [0.29, 0.717) is 28.6 Å². The minimum atomic E-state index is -0.450. The Morgan fingerprint density at radius 2 is 2.00 bits per heavy atom. The SMILES string of the molecule is Cc1nn(CC(C)C(=O)Nc2cnn(Cc3ccc(Cl)cc3)c2)c(C)c1[N+](=O)[O-]. The maximum atomic E-state index is 12.5. The molecule has 9 nitrogen and oxygen atoms in total. The van der Waals surface area contributed by atoms with Crippen LogP contribution < -0.4 is 5.32 Å². The van der Waals surface area contributed by atoms with Gasteiger partial charge in [-0.25, -0.2) is 0 Å². The lowest BCUT2D eigenvalue weighted by Crippen LogP contribution is -2.25. The second kappa shape index (κ2) is 8.44. The molecule has 152 valence electrons. The predicted octanol–water partition coefficient (Wildman–Crippen LogP) is 3.58. The fourth-order valence-electron chi connectivity index (χ4n) is 3.03. The molecule has 0 radical (unpaired) electrons. The van der Waals surface area contributed by atoms with Gasteiger partial charge in [-0.2, -0.15) is 10.2 Å². The largest absolute Gasteiger partial charge is 0.323 e. The molecule has 1 unspecified atom stereocenters. The van der Waals surface area contributed by atoms with Crippen LogP contribution in [0.4, 0.5) is 11.4 Å². The van der Waals surface area contributed by atoms with Crippen molar-refractivity contribution >= 4 is 28.9 Å². The summed E-state index contributed by atoms with van der Waals surface area (Å²) in [6, 6.07) is 7.46. The van der Waals surface area contributed by atoms with Crippen molar-refractivity contribution in [3.8, 4) is 0 Å². The van der Waals surface area contributed by atoms with E-state index in [9.17, 15) is 14.9 Å². The van der Waals surface area contributed by atoms with Crippen molar-refractivity contribution in [1.29, 1.82) is 0 Å². The Balaban J connectivity index is 1.62. The Kier molecular flexibility index (Phi) is 5.97. The second-order valence-corrected chi connectivity index (χ2v) is 7.34. The molecule has 0 aliphatic heterocycles. The molecule has 0 spiro atoms. The predicted molar refractivity (Wildman–Crippen MR) is 109 cm³/mol. The smallest absolute Gasteiger partial charge is 0.312 e. The van der Waals surface area contributed by atoms with E-state index >= 15 is 0 Å². The molecule has 0 saturated heterocycles. The number of anilines is 1. The molecule has 1 aromatic carbocycles. The Morgan fingerprint density at radius 1 is 1.31 bits per heavy atom. The van der Waals surface area contributed by atoms with E-state index in [-0.39, 0.29) is 18.1 Å². The van der Waals surface area contributed by atoms with Gasteiger partial charge < -0.3 is 5.32 Å². The van der Waals surface area contributed by atoms with Gasteiger partial charge in [0, 0.05) is 11.2 Å². The van der Waals surface area contributed by atoms with Crippen LogP contribution in [0.25, 0.3) is 0 Å². The van der Waals surface area contributed by atoms with Crippen molar-refractivity contribution in [2.45, 2.75) is 33.9 Å². The van der Waals surface area contributed by atoms with E-state index in [2.05, 4.69) is 15.5 Å². The van der Waals surface area contributed by atoms with Crippen LogP contribution in [0.3, 0.4) is 0 Å². The number of halogens is 1. The molecule has 1 amide bonds. The summed E-state index contributed by atoms with van der Waals surface area (Å²) in [5.41, 5.74) is 2.37. The van der Waals surface area contributed by atoms with Crippen molar-refractivity contribution in [1.82, 2.24) is 19.6 Å². The first-order chi connectivity index (χ1) is 13.7. The van der Waals surface area contributed by atoms with E-state index in [1.54, 1.807) is 37.8 Å². The number of hydrogen-bond acceptors (Lipinski definition) is 5. The van der Waals surface area contributed by atoms with Gasteiger partial charge in [-0.15, -0.1) is 0 Å². The molecule has 29 heavy (non-hydrogen) atoms. The normalized spacial score (nSPS) is 12.0. The number of benzene rings is 1. The lowest BCUT2D eigenvalue weighted by Gasteiger charge is -2.12. The van der Waals surface area contributed by atoms with E-state index in [0.717, 1.165) is 5.56 Å². The summed E-state index contributed by atoms with van der Waals surface area (Å²) >= 11 is 5.89. The Labute approximate surface area is 172 Å². The fraction of sp³-hybridized carbons (Fsp3) is 0.316. The minimum Gasteiger partial charge on any atom is -0.323 e. The molecule has 1 N–H and O–H groups in total. The maximum absolute atomic E-state index is 12.5. The monoisotopic (exact) mass is 416 g/mol. The van der Waals surface area contributed by atoms with Gasteiger partial charge in [-0.05, 0) is 31.5 Å². The zero-order chi connectivity index (χ0) is 21.1. The first-order valence-electron chi connectivity index (χ1n) is 9.00. The van der Waals surface area contributed by atoms with Crippen LogP contribution in [0.2, 0.25) is 5.02 Å². The van der Waals surface area contributed by atoms with Gasteiger partial charge in [0.1, 0.15) is 11.4 Å². The van der Waals surface area contributed by atoms with Gasteiger partial charge in [-0.1, -0.05) is 30.7 Å². The van der Waals surface area contributed by atoms with E-state index in [4.69, 9.17) is 11.6 Å². The highest BCUT2D eigenvalue weighted by Crippen LogP contribution is 2.22. The lowest BCUT2D eigenvalue weighted by atomic mass is 10.1. The molecule has 1 atom stereocenters. The van der Waals surface area contributed by atoms with Crippen LogP contribution in [0.1, 0.15) is 23.9 Å². The minimum absolute atomic E-state index is 0.0129. The summed E-state index contributed by atoms with van der Waals surface area (Å²) in [5.74, 6) is -0.654. The summed E-state index contributed by atoms with van der Waals surface area (Å²) in [6.07, 6.45) is 3.32. The average Bonchev–Trinajstić information content (AvgIpc) is 3.20. The molecular weight excluding hydrogens is 396 g/mol. The summed E-state index contributed by atoms with van der Waals surface area (Å²) in [7, 11) is 0. The number of nitrogens with zero attached hydrogens (tertiary/aromatic N) is 5. The van der Waals surface area contributed by atoms with E-state index in [1.165, 1.54) is 4.68 Å². The molecule has 0 fully saturated rings. The second-order valence-electron chi connectivity index (χ2n) is 6.90. The van der Waals surface area contributed by atoms with E-state index < -0.39 is 10.8 Å². The maximum Gasteiger partial charge on any atom is 0.312 e. The number of aromatic nitrogens is 4. The number of nitro groups is 1. The highest BCUT2D eigenvalue weighted by atomic mass is 35.5. The van der Waals surface area contributed by atoms with Gasteiger partial charge in [0.25, 0.3) is 0 Å². The molecule has 2 heterocycles. The van der Waals surface area contributed by atoms with Crippen LogP contribution >= 0.6 is 11.6 Å². The van der Waals surface area contributed by atoms with Crippen LogP contribution in [-0.4, -0.2) is 30.4 Å². The average molecular weight is 417 g/mol. The van der Waals surface area contributed by atoms with Crippen LogP contribution in [0.5, 0.6) is 0 Å². The molecule has 10 heteroatoms. The van der Waals surface area contributed by atoms with Gasteiger partial charge in [0.15, 0.2) is 0 Å². The number of carbonyl (C=O) groups is 1. The molecule has 3 rings (SSSR count). The van der Waals surface area contributed by atoms with Crippen molar-refractivity contribution in [2.75, 3.05) is 5.32 Å². The number of rotatable bonds is 7. The summed E-state index contributed by atoms with van der Waals surface area (Å²) < 4.78 is 3.22. The molecule has 0 saturated carbocycles. The lowest BCUT2D eigenvalue weighted by molar-refractivity contribution is -0.386. The first kappa shape index (κ1) is 20.5. The Morgan fingerprint density at radius 3 is 2.62 bits per heavy atom. The number of carbonyl (C=O) groups excluding carboxylic acids is 1. The third kappa shape index (κ3) is 4.80. The Hall–Kier alpha value is -3.20. The third-order valence-electron chi connectivity index (χ3n) is 4.58. The third-order valence-corrected chi connectivity index (χ3v) is 4.83. The van der Waals surface area contributed by atoms with Gasteiger partial charge in [0.05, 0.1) is 35.8 Å². The van der Waals surface area contributed by atoms with Gasteiger partial charge >= 0.3 is 5.69 Å². The zero-order valence-corrected chi connectivity index (χ0v) is 17.1. The topological polar surface area (TPSA) is 108 Å². The highest BCUT2D eigenvalue weighted by molar-refractivity contribution is 6.30. The molecular formula is C19H21ClN6O3. The van der Waals surface area contributed by atoms with Crippen molar-refractivity contribution in [3.63, 3.8) is 0 Å². The molecule has 0 bridgehead atoms. The summed E-state index contributed by atoms with van der Waals surface area (Å²) in [6.45, 7) is 5.75. The molecule has 0 aliphatic carbocycles.